The Hall–Kier alpha value is -2.96. The highest BCUT2D eigenvalue weighted by Gasteiger charge is 2.19. The van der Waals surface area contributed by atoms with Gasteiger partial charge in [-0.2, -0.15) is 9.97 Å². The first-order chi connectivity index (χ1) is 14.2. The van der Waals surface area contributed by atoms with Crippen molar-refractivity contribution >= 4 is 39.2 Å². The lowest BCUT2D eigenvalue weighted by atomic mass is 9.99. The van der Waals surface area contributed by atoms with Crippen LogP contribution in [0.2, 0.25) is 5.02 Å². The van der Waals surface area contributed by atoms with E-state index in [1.165, 1.54) is 0 Å². The van der Waals surface area contributed by atoms with Crippen LogP contribution >= 0.6 is 11.6 Å². The third-order valence-electron chi connectivity index (χ3n) is 5.26. The molecular weight excluding hydrogens is 386 g/mol. The summed E-state index contributed by atoms with van der Waals surface area (Å²) in [5.74, 6) is 0.816. The first-order valence-electron chi connectivity index (χ1n) is 9.59. The van der Waals surface area contributed by atoms with Crippen molar-refractivity contribution in [3.63, 3.8) is 0 Å². The molecule has 0 unspecified atom stereocenters. The van der Waals surface area contributed by atoms with Gasteiger partial charge in [0.25, 0.3) is 0 Å². The minimum Gasteiger partial charge on any atom is -0.467 e. The summed E-state index contributed by atoms with van der Waals surface area (Å²) in [7, 11) is 1.59. The average Bonchev–Trinajstić information content (AvgIpc) is 2.78. The summed E-state index contributed by atoms with van der Waals surface area (Å²) >= 11 is 6.53. The fraction of sp³-hybridized carbons (Fsp3) is 0.227. The molecule has 29 heavy (non-hydrogen) atoms. The second-order valence-corrected chi connectivity index (χ2v) is 7.41. The third kappa shape index (κ3) is 3.24. The number of nitrogens with one attached hydrogen (secondary N) is 1. The largest absolute Gasteiger partial charge is 0.467 e. The summed E-state index contributed by atoms with van der Waals surface area (Å²) in [5, 5.41) is 6.20. The molecule has 146 valence electrons. The lowest BCUT2D eigenvalue weighted by Crippen LogP contribution is -2.44. The number of hydrogen-bond donors (Lipinski definition) is 1. The van der Waals surface area contributed by atoms with E-state index in [1.807, 2.05) is 30.5 Å². The van der Waals surface area contributed by atoms with Crippen molar-refractivity contribution in [2.45, 2.75) is 0 Å². The minimum absolute atomic E-state index is 0.348. The van der Waals surface area contributed by atoms with Crippen LogP contribution in [0.25, 0.3) is 32.9 Å². The number of halogens is 1. The second-order valence-electron chi connectivity index (χ2n) is 7.01. The molecule has 0 saturated carbocycles. The van der Waals surface area contributed by atoms with Crippen LogP contribution in [0.1, 0.15) is 0 Å². The molecule has 1 fully saturated rings. The number of aromatic nitrogens is 3. The molecule has 6 nitrogen and oxygen atoms in total. The Kier molecular flexibility index (Phi) is 4.66. The van der Waals surface area contributed by atoms with Crippen molar-refractivity contribution in [2.24, 2.45) is 0 Å². The number of rotatable bonds is 3. The molecule has 0 aliphatic carbocycles. The molecule has 0 spiro atoms. The summed E-state index contributed by atoms with van der Waals surface area (Å²) in [6.45, 7) is 3.58. The molecule has 1 saturated heterocycles. The van der Waals surface area contributed by atoms with Crippen molar-refractivity contribution in [3.8, 4) is 17.1 Å². The van der Waals surface area contributed by atoms with Crippen molar-refractivity contribution in [1.29, 1.82) is 0 Å². The normalized spacial score (nSPS) is 14.5. The number of methoxy groups -OCH3 is 1. The van der Waals surface area contributed by atoms with Crippen LogP contribution in [0.3, 0.4) is 0 Å². The molecule has 1 aliphatic rings. The maximum Gasteiger partial charge on any atom is 0.318 e. The first-order valence-corrected chi connectivity index (χ1v) is 9.97. The summed E-state index contributed by atoms with van der Waals surface area (Å²) in [6.07, 6.45) is 1.88. The Morgan fingerprint density at radius 3 is 2.66 bits per heavy atom. The second kappa shape index (κ2) is 7.46. The number of nitrogens with zero attached hydrogens (tertiary/aromatic N) is 4. The summed E-state index contributed by atoms with van der Waals surface area (Å²) in [4.78, 5) is 16.1. The molecular formula is C22H20ClN5O. The Bertz CT molecular complexity index is 1200. The van der Waals surface area contributed by atoms with Crippen molar-refractivity contribution in [1.82, 2.24) is 20.3 Å². The van der Waals surface area contributed by atoms with E-state index in [4.69, 9.17) is 21.3 Å². The van der Waals surface area contributed by atoms with Gasteiger partial charge in [0.1, 0.15) is 5.52 Å². The molecule has 7 heteroatoms. The van der Waals surface area contributed by atoms with Crippen LogP contribution in [0.4, 0.5) is 5.82 Å². The number of hydrogen-bond acceptors (Lipinski definition) is 6. The molecule has 2 aromatic carbocycles. The van der Waals surface area contributed by atoms with Gasteiger partial charge in [-0.05, 0) is 23.1 Å². The van der Waals surface area contributed by atoms with Gasteiger partial charge in [-0.1, -0.05) is 41.9 Å². The van der Waals surface area contributed by atoms with Gasteiger partial charge in [-0.15, -0.1) is 0 Å². The molecule has 2 aromatic heterocycles. The van der Waals surface area contributed by atoms with E-state index < -0.39 is 0 Å². The van der Waals surface area contributed by atoms with E-state index in [0.717, 1.165) is 70.0 Å². The van der Waals surface area contributed by atoms with Gasteiger partial charge < -0.3 is 15.0 Å². The highest BCUT2D eigenvalue weighted by molar-refractivity contribution is 6.36. The van der Waals surface area contributed by atoms with Crippen molar-refractivity contribution in [3.05, 3.63) is 53.7 Å². The number of pyridine rings is 1. The fourth-order valence-corrected chi connectivity index (χ4v) is 4.14. The van der Waals surface area contributed by atoms with Gasteiger partial charge >= 0.3 is 6.01 Å². The van der Waals surface area contributed by atoms with Crippen LogP contribution in [0.5, 0.6) is 6.01 Å². The number of fused-ring (bicyclic) bond motifs is 2. The Balaban J connectivity index is 1.70. The maximum atomic E-state index is 6.53. The van der Waals surface area contributed by atoms with E-state index in [2.05, 4.69) is 38.4 Å². The molecule has 4 aromatic rings. The Labute approximate surface area is 173 Å². The zero-order chi connectivity index (χ0) is 19.8. The lowest BCUT2D eigenvalue weighted by Gasteiger charge is -2.28. The molecule has 0 atom stereocenters. The lowest BCUT2D eigenvalue weighted by molar-refractivity contribution is 0.381. The average molecular weight is 406 g/mol. The van der Waals surface area contributed by atoms with Gasteiger partial charge in [0.15, 0.2) is 5.82 Å². The van der Waals surface area contributed by atoms with Crippen LogP contribution in [0.15, 0.2) is 48.7 Å². The van der Waals surface area contributed by atoms with Crippen LogP contribution < -0.4 is 15.0 Å². The van der Waals surface area contributed by atoms with Crippen molar-refractivity contribution in [2.75, 3.05) is 38.2 Å². The molecule has 1 aliphatic heterocycles. The highest BCUT2D eigenvalue weighted by Crippen LogP contribution is 2.35. The van der Waals surface area contributed by atoms with E-state index in [9.17, 15) is 0 Å². The van der Waals surface area contributed by atoms with E-state index >= 15 is 0 Å². The molecule has 1 N–H and O–H groups in total. The number of piperazine rings is 1. The highest BCUT2D eigenvalue weighted by atomic mass is 35.5. The quantitative estimate of drug-likeness (QED) is 0.557. The van der Waals surface area contributed by atoms with Gasteiger partial charge in [0.2, 0.25) is 0 Å². The van der Waals surface area contributed by atoms with E-state index in [1.54, 1.807) is 7.11 Å². The maximum absolute atomic E-state index is 6.53. The van der Waals surface area contributed by atoms with Crippen LogP contribution in [-0.4, -0.2) is 48.2 Å². The topological polar surface area (TPSA) is 63.2 Å². The zero-order valence-corrected chi connectivity index (χ0v) is 16.8. The summed E-state index contributed by atoms with van der Waals surface area (Å²) < 4.78 is 5.38. The number of benzene rings is 2. The van der Waals surface area contributed by atoms with Crippen LogP contribution in [0, 0.1) is 0 Å². The molecule has 0 amide bonds. The predicted molar refractivity (Wildman–Crippen MR) is 117 cm³/mol. The first kappa shape index (κ1) is 18.1. The van der Waals surface area contributed by atoms with E-state index in [-0.39, 0.29) is 0 Å². The molecule has 3 heterocycles. The van der Waals surface area contributed by atoms with E-state index in [0.29, 0.717) is 6.01 Å². The number of anilines is 1. The van der Waals surface area contributed by atoms with Gasteiger partial charge in [-0.3, -0.25) is 4.98 Å². The SMILES string of the molecule is COc1nc(N2CCNCC2)c2ncc(-c3cccc4cccc(Cl)c34)cc2n1. The fourth-order valence-electron chi connectivity index (χ4n) is 3.85. The Morgan fingerprint density at radius 1 is 1.07 bits per heavy atom. The standard InChI is InChI=1S/C22H20ClN5O/c1-29-22-26-18-12-15(16-6-2-4-14-5-3-7-17(23)19(14)16)13-25-20(18)21(27-22)28-10-8-24-9-11-28/h2-7,12-13,24H,8-11H2,1H3. The van der Waals surface area contributed by atoms with Gasteiger partial charge in [-0.25, -0.2) is 0 Å². The van der Waals surface area contributed by atoms with Crippen molar-refractivity contribution < 1.29 is 4.74 Å². The predicted octanol–water partition coefficient (Wildman–Crippen LogP) is 3.92. The van der Waals surface area contributed by atoms with Gasteiger partial charge in [0.05, 0.1) is 12.6 Å². The molecule has 0 radical (unpaired) electrons. The minimum atomic E-state index is 0.348. The summed E-state index contributed by atoms with van der Waals surface area (Å²) in [5.41, 5.74) is 3.53. The number of ether oxygens (including phenoxy) is 1. The monoisotopic (exact) mass is 405 g/mol. The Morgan fingerprint density at radius 2 is 1.86 bits per heavy atom. The summed E-state index contributed by atoms with van der Waals surface area (Å²) in [6, 6.07) is 14.5. The zero-order valence-electron chi connectivity index (χ0n) is 16.0. The smallest absolute Gasteiger partial charge is 0.318 e. The van der Waals surface area contributed by atoms with Gasteiger partial charge in [0, 0.05) is 48.3 Å². The molecule has 0 bridgehead atoms. The van der Waals surface area contributed by atoms with Crippen LogP contribution in [-0.2, 0) is 0 Å². The third-order valence-corrected chi connectivity index (χ3v) is 5.58. The molecule has 5 rings (SSSR count).